The van der Waals surface area contributed by atoms with E-state index in [0.29, 0.717) is 24.2 Å². The van der Waals surface area contributed by atoms with Gasteiger partial charge in [0.2, 0.25) is 10.0 Å². The van der Waals surface area contributed by atoms with Crippen molar-refractivity contribution in [3.8, 4) is 5.75 Å². The second kappa shape index (κ2) is 5.31. The Morgan fingerprint density at radius 2 is 2.05 bits per heavy atom. The number of hydrogen-bond donors (Lipinski definition) is 2. The Morgan fingerprint density at radius 1 is 1.43 bits per heavy atom. The summed E-state index contributed by atoms with van der Waals surface area (Å²) in [6.07, 6.45) is 1.43. The van der Waals surface area contributed by atoms with Crippen molar-refractivity contribution in [3.63, 3.8) is 0 Å². The molecule has 21 heavy (non-hydrogen) atoms. The van der Waals surface area contributed by atoms with Crippen LogP contribution < -0.4 is 9.46 Å². The van der Waals surface area contributed by atoms with Gasteiger partial charge in [-0.1, -0.05) is 0 Å². The third kappa shape index (κ3) is 3.03. The van der Waals surface area contributed by atoms with Crippen LogP contribution in [0.2, 0.25) is 0 Å². The number of carbonyl (C=O) groups is 1. The molecule has 1 aromatic carbocycles. The summed E-state index contributed by atoms with van der Waals surface area (Å²) >= 11 is 0. The van der Waals surface area contributed by atoms with Gasteiger partial charge >= 0.3 is 5.97 Å². The molecule has 0 bridgehead atoms. The fourth-order valence-electron chi connectivity index (χ4n) is 2.32. The minimum Gasteiger partial charge on any atom is -0.496 e. The van der Waals surface area contributed by atoms with Gasteiger partial charge in [0.1, 0.15) is 11.3 Å². The number of hydrogen-bond acceptors (Lipinski definition) is 4. The SMILES string of the molecule is COc1ccc(S(=O)(=O)NC(C)(C(=O)O)C2CC2)cc1C. The van der Waals surface area contributed by atoms with Crippen molar-refractivity contribution in [1.29, 1.82) is 0 Å². The molecule has 1 unspecified atom stereocenters. The van der Waals surface area contributed by atoms with Gasteiger partial charge < -0.3 is 9.84 Å². The van der Waals surface area contributed by atoms with Crippen LogP contribution in [0, 0.1) is 12.8 Å². The first-order chi connectivity index (χ1) is 9.70. The second-order valence-corrected chi connectivity index (χ2v) is 7.20. The number of aliphatic carboxylic acids is 1. The number of methoxy groups -OCH3 is 1. The van der Waals surface area contributed by atoms with E-state index in [1.807, 2.05) is 0 Å². The first kappa shape index (κ1) is 15.8. The zero-order chi connectivity index (χ0) is 15.8. The summed E-state index contributed by atoms with van der Waals surface area (Å²) in [5.74, 6) is -0.736. The van der Waals surface area contributed by atoms with Crippen LogP contribution in [0.5, 0.6) is 5.75 Å². The minimum absolute atomic E-state index is 0.0360. The lowest BCUT2D eigenvalue weighted by atomic mass is 9.98. The molecule has 1 aromatic rings. The van der Waals surface area contributed by atoms with Crippen LogP contribution in [0.4, 0.5) is 0 Å². The Hall–Kier alpha value is -1.60. The molecule has 2 N–H and O–H groups in total. The minimum atomic E-state index is -3.90. The van der Waals surface area contributed by atoms with E-state index < -0.39 is 21.5 Å². The maximum absolute atomic E-state index is 12.4. The molecule has 1 aliphatic carbocycles. The standard InChI is InChI=1S/C14H19NO5S/c1-9-8-11(6-7-12(9)20-3)21(18,19)15-14(2,13(16)17)10-4-5-10/h6-8,10,15H,4-5H2,1-3H3,(H,16,17). The Kier molecular flexibility index (Phi) is 3.99. The average molecular weight is 313 g/mol. The van der Waals surface area contributed by atoms with Crippen LogP contribution in [0.25, 0.3) is 0 Å². The van der Waals surface area contributed by atoms with E-state index in [2.05, 4.69) is 4.72 Å². The van der Waals surface area contributed by atoms with E-state index in [-0.39, 0.29) is 10.8 Å². The summed E-state index contributed by atoms with van der Waals surface area (Å²) in [5.41, 5.74) is -0.795. The second-order valence-electron chi connectivity index (χ2n) is 5.52. The third-order valence-corrected chi connectivity index (χ3v) is 5.43. The smallest absolute Gasteiger partial charge is 0.324 e. The lowest BCUT2D eigenvalue weighted by Gasteiger charge is -2.26. The summed E-state index contributed by atoms with van der Waals surface area (Å²) < 4.78 is 32.3. The van der Waals surface area contributed by atoms with Crippen LogP contribution in [-0.2, 0) is 14.8 Å². The van der Waals surface area contributed by atoms with Crippen molar-refractivity contribution < 1.29 is 23.1 Å². The molecule has 0 aliphatic heterocycles. The van der Waals surface area contributed by atoms with E-state index in [1.54, 1.807) is 13.0 Å². The number of carboxylic acid groups (broad SMARTS) is 1. The Balaban J connectivity index is 2.34. The summed E-state index contributed by atoms with van der Waals surface area (Å²) in [5, 5.41) is 9.34. The fraction of sp³-hybridized carbons (Fsp3) is 0.500. The molecule has 1 atom stereocenters. The summed E-state index contributed by atoms with van der Waals surface area (Å²) in [6, 6.07) is 4.43. The van der Waals surface area contributed by atoms with E-state index >= 15 is 0 Å². The molecule has 0 radical (unpaired) electrons. The van der Waals surface area contributed by atoms with Gasteiger partial charge in [0.05, 0.1) is 12.0 Å². The first-order valence-electron chi connectivity index (χ1n) is 6.62. The van der Waals surface area contributed by atoms with Gasteiger partial charge in [-0.15, -0.1) is 0 Å². The van der Waals surface area contributed by atoms with Crippen LogP contribution in [0.15, 0.2) is 23.1 Å². The van der Waals surface area contributed by atoms with Crippen molar-refractivity contribution in [2.24, 2.45) is 5.92 Å². The molecular weight excluding hydrogens is 294 g/mol. The molecular formula is C14H19NO5S. The normalized spacial score (nSPS) is 18.0. The van der Waals surface area contributed by atoms with Crippen LogP contribution >= 0.6 is 0 Å². The quantitative estimate of drug-likeness (QED) is 0.831. The number of sulfonamides is 1. The predicted octanol–water partition coefficient (Wildman–Crippen LogP) is 1.54. The highest BCUT2D eigenvalue weighted by Gasteiger charge is 2.50. The molecule has 6 nitrogen and oxygen atoms in total. The Morgan fingerprint density at radius 3 is 2.48 bits per heavy atom. The fourth-order valence-corrected chi connectivity index (χ4v) is 3.83. The van der Waals surface area contributed by atoms with Crippen LogP contribution in [-0.4, -0.2) is 32.1 Å². The highest BCUT2D eigenvalue weighted by Crippen LogP contribution is 2.40. The highest BCUT2D eigenvalue weighted by atomic mass is 32.2. The molecule has 0 spiro atoms. The van der Waals surface area contributed by atoms with Gasteiger partial charge in [-0.25, -0.2) is 8.42 Å². The molecule has 0 saturated heterocycles. The van der Waals surface area contributed by atoms with Crippen LogP contribution in [0.3, 0.4) is 0 Å². The number of benzene rings is 1. The molecule has 0 heterocycles. The number of rotatable bonds is 6. The van der Waals surface area contributed by atoms with Crippen molar-refractivity contribution in [1.82, 2.24) is 4.72 Å². The van der Waals surface area contributed by atoms with Gasteiger partial charge in [0, 0.05) is 0 Å². The lowest BCUT2D eigenvalue weighted by molar-refractivity contribution is -0.144. The molecule has 1 aliphatic rings. The predicted molar refractivity (Wildman–Crippen MR) is 76.8 cm³/mol. The maximum Gasteiger partial charge on any atom is 0.324 e. The average Bonchev–Trinajstić information content (AvgIpc) is 3.22. The third-order valence-electron chi connectivity index (χ3n) is 3.86. The lowest BCUT2D eigenvalue weighted by Crippen LogP contribution is -2.53. The van der Waals surface area contributed by atoms with Gasteiger partial charge in [0.25, 0.3) is 0 Å². The molecule has 0 aromatic heterocycles. The van der Waals surface area contributed by atoms with Crippen molar-refractivity contribution in [2.75, 3.05) is 7.11 Å². The topological polar surface area (TPSA) is 92.7 Å². The van der Waals surface area contributed by atoms with Gasteiger partial charge in [-0.3, -0.25) is 4.79 Å². The summed E-state index contributed by atoms with van der Waals surface area (Å²) in [4.78, 5) is 11.5. The monoisotopic (exact) mass is 313 g/mol. The van der Waals surface area contributed by atoms with E-state index in [1.165, 1.54) is 26.2 Å². The van der Waals surface area contributed by atoms with Crippen LogP contribution in [0.1, 0.15) is 25.3 Å². The number of aryl methyl sites for hydroxylation is 1. The van der Waals surface area contributed by atoms with Gasteiger partial charge in [-0.05, 0) is 56.4 Å². The number of carboxylic acids is 1. The zero-order valence-electron chi connectivity index (χ0n) is 12.2. The maximum atomic E-state index is 12.4. The number of nitrogens with one attached hydrogen (secondary N) is 1. The molecule has 2 rings (SSSR count). The molecule has 1 fully saturated rings. The molecule has 116 valence electrons. The van der Waals surface area contributed by atoms with E-state index in [4.69, 9.17) is 4.74 Å². The summed E-state index contributed by atoms with van der Waals surface area (Å²) in [6.45, 7) is 3.15. The highest BCUT2D eigenvalue weighted by molar-refractivity contribution is 7.89. The first-order valence-corrected chi connectivity index (χ1v) is 8.11. The Labute approximate surface area is 124 Å². The van der Waals surface area contributed by atoms with E-state index in [9.17, 15) is 18.3 Å². The Bertz CT molecular complexity index is 666. The zero-order valence-corrected chi connectivity index (χ0v) is 13.0. The van der Waals surface area contributed by atoms with Gasteiger partial charge in [0.15, 0.2) is 0 Å². The van der Waals surface area contributed by atoms with E-state index in [0.717, 1.165) is 0 Å². The van der Waals surface area contributed by atoms with Crippen molar-refractivity contribution in [3.05, 3.63) is 23.8 Å². The molecule has 7 heteroatoms. The van der Waals surface area contributed by atoms with Crippen molar-refractivity contribution >= 4 is 16.0 Å². The van der Waals surface area contributed by atoms with Gasteiger partial charge in [-0.2, -0.15) is 4.72 Å². The summed E-state index contributed by atoms with van der Waals surface area (Å²) in [7, 11) is -2.40. The molecule has 0 amide bonds. The number of ether oxygens (including phenoxy) is 1. The van der Waals surface area contributed by atoms with Crippen molar-refractivity contribution in [2.45, 2.75) is 37.1 Å². The largest absolute Gasteiger partial charge is 0.496 e. The molecule has 1 saturated carbocycles.